The van der Waals surface area contributed by atoms with Gasteiger partial charge in [-0.1, -0.05) is 48.2 Å². The largest absolute Gasteiger partial charge is 0.486 e. The molecule has 1 aliphatic heterocycles. The lowest BCUT2D eigenvalue weighted by Crippen LogP contribution is -2.41. The number of amides is 1. The third kappa shape index (κ3) is 4.43. The van der Waals surface area contributed by atoms with Gasteiger partial charge in [0.15, 0.2) is 22.5 Å². The Bertz CT molecular complexity index is 1040. The molecule has 8 heteroatoms. The zero-order chi connectivity index (χ0) is 20.9. The zero-order valence-corrected chi connectivity index (χ0v) is 17.8. The number of hydrogen-bond acceptors (Lipinski definition) is 6. The lowest BCUT2D eigenvalue weighted by molar-refractivity contribution is -0.119. The summed E-state index contributed by atoms with van der Waals surface area (Å²) in [4.78, 5) is 12.3. The van der Waals surface area contributed by atoms with E-state index in [1.54, 1.807) is 0 Å². The van der Waals surface area contributed by atoms with E-state index in [-0.39, 0.29) is 17.8 Å². The number of thioether (sulfide) groups is 1. The molecule has 156 valence electrons. The Hall–Kier alpha value is -3.00. The highest BCUT2D eigenvalue weighted by atomic mass is 32.2. The van der Waals surface area contributed by atoms with E-state index in [0.29, 0.717) is 18.9 Å². The van der Waals surface area contributed by atoms with Crippen molar-refractivity contribution < 1.29 is 14.3 Å². The minimum absolute atomic E-state index is 0.0782. The second-order valence-corrected chi connectivity index (χ2v) is 7.90. The SMILES string of the molecule is CCn1c(SCC(=O)NCC2COc3ccccc3O2)nnc1-c1ccccc1C. The van der Waals surface area contributed by atoms with Gasteiger partial charge in [0.1, 0.15) is 12.7 Å². The minimum Gasteiger partial charge on any atom is -0.486 e. The lowest BCUT2D eigenvalue weighted by atomic mass is 10.1. The Kier molecular flexibility index (Phi) is 6.23. The first-order valence-corrected chi connectivity index (χ1v) is 10.9. The van der Waals surface area contributed by atoms with Gasteiger partial charge in [-0.3, -0.25) is 4.79 Å². The molecule has 1 N–H and O–H groups in total. The summed E-state index contributed by atoms with van der Waals surface area (Å²) in [6, 6.07) is 15.6. The Morgan fingerprint density at radius 3 is 2.73 bits per heavy atom. The number of carbonyl (C=O) groups excluding carboxylic acids is 1. The monoisotopic (exact) mass is 424 g/mol. The van der Waals surface area contributed by atoms with E-state index < -0.39 is 0 Å². The number of hydrogen-bond donors (Lipinski definition) is 1. The molecule has 1 aromatic heterocycles. The molecule has 0 spiro atoms. The Labute approximate surface area is 179 Å². The molecule has 1 unspecified atom stereocenters. The Morgan fingerprint density at radius 1 is 1.17 bits per heavy atom. The van der Waals surface area contributed by atoms with Crippen molar-refractivity contribution >= 4 is 17.7 Å². The van der Waals surface area contributed by atoms with Crippen LogP contribution in [0.2, 0.25) is 0 Å². The van der Waals surface area contributed by atoms with Crippen molar-refractivity contribution in [1.29, 1.82) is 0 Å². The predicted octanol–water partition coefficient (Wildman–Crippen LogP) is 3.32. The van der Waals surface area contributed by atoms with E-state index in [2.05, 4.69) is 28.5 Å². The highest BCUT2D eigenvalue weighted by Gasteiger charge is 2.21. The van der Waals surface area contributed by atoms with Crippen LogP contribution in [0.25, 0.3) is 11.4 Å². The van der Waals surface area contributed by atoms with Crippen molar-refractivity contribution in [2.45, 2.75) is 31.7 Å². The molecule has 0 radical (unpaired) electrons. The summed E-state index contributed by atoms with van der Waals surface area (Å²) in [6.07, 6.45) is -0.208. The third-order valence-corrected chi connectivity index (χ3v) is 5.81. The van der Waals surface area contributed by atoms with Crippen LogP contribution in [-0.4, -0.2) is 45.7 Å². The molecule has 0 fully saturated rings. The van der Waals surface area contributed by atoms with Crippen molar-refractivity contribution in [3.63, 3.8) is 0 Å². The summed E-state index contributed by atoms with van der Waals surface area (Å²) in [5.41, 5.74) is 2.20. The van der Waals surface area contributed by atoms with Gasteiger partial charge in [-0.25, -0.2) is 0 Å². The number of carbonyl (C=O) groups is 1. The topological polar surface area (TPSA) is 78.3 Å². The summed E-state index contributed by atoms with van der Waals surface area (Å²) in [7, 11) is 0. The van der Waals surface area contributed by atoms with Crippen LogP contribution in [-0.2, 0) is 11.3 Å². The first-order chi connectivity index (χ1) is 14.7. The molecule has 2 heterocycles. The van der Waals surface area contributed by atoms with Crippen LogP contribution >= 0.6 is 11.8 Å². The molecule has 4 rings (SSSR count). The second-order valence-electron chi connectivity index (χ2n) is 6.96. The number of ether oxygens (including phenoxy) is 2. The van der Waals surface area contributed by atoms with Crippen molar-refractivity contribution in [2.24, 2.45) is 0 Å². The molecule has 0 aliphatic carbocycles. The molecule has 1 amide bonds. The quantitative estimate of drug-likeness (QED) is 0.586. The minimum atomic E-state index is -0.208. The third-order valence-electron chi connectivity index (χ3n) is 4.85. The number of aromatic nitrogens is 3. The van der Waals surface area contributed by atoms with Crippen LogP contribution in [0.15, 0.2) is 53.7 Å². The number of para-hydroxylation sites is 2. The van der Waals surface area contributed by atoms with Crippen molar-refractivity contribution in [3.05, 3.63) is 54.1 Å². The molecule has 3 aromatic rings. The highest BCUT2D eigenvalue weighted by molar-refractivity contribution is 7.99. The normalized spacial score (nSPS) is 15.1. The summed E-state index contributed by atoms with van der Waals surface area (Å²) >= 11 is 1.38. The van der Waals surface area contributed by atoms with Gasteiger partial charge >= 0.3 is 0 Å². The van der Waals surface area contributed by atoms with Gasteiger partial charge in [-0.2, -0.15) is 0 Å². The maximum atomic E-state index is 12.3. The fourth-order valence-electron chi connectivity index (χ4n) is 3.28. The van der Waals surface area contributed by atoms with Crippen molar-refractivity contribution in [1.82, 2.24) is 20.1 Å². The summed E-state index contributed by atoms with van der Waals surface area (Å²) < 4.78 is 13.6. The first kappa shape index (κ1) is 20.3. The van der Waals surface area contributed by atoms with Crippen LogP contribution in [0.1, 0.15) is 12.5 Å². The van der Waals surface area contributed by atoms with Gasteiger partial charge in [0.05, 0.1) is 12.3 Å². The number of benzene rings is 2. The van der Waals surface area contributed by atoms with Crippen LogP contribution in [0.3, 0.4) is 0 Å². The van der Waals surface area contributed by atoms with Gasteiger partial charge in [0.25, 0.3) is 0 Å². The molecule has 0 saturated heterocycles. The number of nitrogens with zero attached hydrogens (tertiary/aromatic N) is 3. The average Bonchev–Trinajstić information content (AvgIpc) is 3.19. The number of nitrogens with one attached hydrogen (secondary N) is 1. The van der Waals surface area contributed by atoms with Crippen molar-refractivity contribution in [3.8, 4) is 22.9 Å². The van der Waals surface area contributed by atoms with Crippen LogP contribution in [0.4, 0.5) is 0 Å². The first-order valence-electron chi connectivity index (χ1n) is 9.93. The Balaban J connectivity index is 1.32. The molecular formula is C22H24N4O3S. The molecule has 7 nitrogen and oxygen atoms in total. The fourth-order valence-corrected chi connectivity index (χ4v) is 4.11. The summed E-state index contributed by atoms with van der Waals surface area (Å²) in [6.45, 7) is 5.64. The van der Waals surface area contributed by atoms with E-state index in [1.807, 2.05) is 54.0 Å². The van der Waals surface area contributed by atoms with Crippen LogP contribution in [0, 0.1) is 6.92 Å². The predicted molar refractivity (Wildman–Crippen MR) is 116 cm³/mol. The highest BCUT2D eigenvalue weighted by Crippen LogP contribution is 2.30. The zero-order valence-electron chi connectivity index (χ0n) is 17.0. The number of rotatable bonds is 7. The number of fused-ring (bicyclic) bond motifs is 1. The van der Waals surface area contributed by atoms with E-state index in [9.17, 15) is 4.79 Å². The van der Waals surface area contributed by atoms with Gasteiger partial charge < -0.3 is 19.4 Å². The average molecular weight is 425 g/mol. The summed E-state index contributed by atoms with van der Waals surface area (Å²) in [5, 5.41) is 12.3. The van der Waals surface area contributed by atoms with E-state index in [4.69, 9.17) is 9.47 Å². The second kappa shape index (κ2) is 9.21. The maximum absolute atomic E-state index is 12.3. The fraction of sp³-hybridized carbons (Fsp3) is 0.318. The van der Waals surface area contributed by atoms with E-state index >= 15 is 0 Å². The van der Waals surface area contributed by atoms with E-state index in [1.165, 1.54) is 11.8 Å². The standard InChI is InChI=1S/C22H24N4O3S/c1-3-26-21(17-9-5-4-8-15(17)2)24-25-22(26)30-14-20(27)23-12-16-13-28-18-10-6-7-11-19(18)29-16/h4-11,16H,3,12-14H2,1-2H3,(H,23,27). The van der Waals surface area contributed by atoms with Gasteiger partial charge in [-0.15, -0.1) is 10.2 Å². The van der Waals surface area contributed by atoms with Crippen molar-refractivity contribution in [2.75, 3.05) is 18.9 Å². The van der Waals surface area contributed by atoms with Crippen LogP contribution in [0.5, 0.6) is 11.5 Å². The molecule has 1 aliphatic rings. The van der Waals surface area contributed by atoms with Crippen LogP contribution < -0.4 is 14.8 Å². The number of aryl methyl sites for hydroxylation is 1. The molecular weight excluding hydrogens is 400 g/mol. The molecule has 0 bridgehead atoms. The van der Waals surface area contributed by atoms with Gasteiger partial charge in [0.2, 0.25) is 5.91 Å². The maximum Gasteiger partial charge on any atom is 0.230 e. The molecule has 0 saturated carbocycles. The van der Waals surface area contributed by atoms with Gasteiger partial charge in [-0.05, 0) is 31.5 Å². The van der Waals surface area contributed by atoms with E-state index in [0.717, 1.165) is 34.4 Å². The Morgan fingerprint density at radius 2 is 1.93 bits per heavy atom. The lowest BCUT2D eigenvalue weighted by Gasteiger charge is -2.26. The summed E-state index contributed by atoms with van der Waals surface area (Å²) in [5.74, 6) is 2.45. The molecule has 1 atom stereocenters. The van der Waals surface area contributed by atoms with Gasteiger partial charge in [0, 0.05) is 12.1 Å². The molecule has 30 heavy (non-hydrogen) atoms. The smallest absolute Gasteiger partial charge is 0.230 e. The molecule has 2 aromatic carbocycles.